The summed E-state index contributed by atoms with van der Waals surface area (Å²) in [5.41, 5.74) is 0.326. The predicted octanol–water partition coefficient (Wildman–Crippen LogP) is 2.53. The molecule has 6 nitrogen and oxygen atoms in total. The highest BCUT2D eigenvalue weighted by Crippen LogP contribution is 2.25. The van der Waals surface area contributed by atoms with Gasteiger partial charge in [-0.2, -0.15) is 5.10 Å². The number of nitrogens with zero attached hydrogens (tertiary/aromatic N) is 2. The summed E-state index contributed by atoms with van der Waals surface area (Å²) in [5, 5.41) is 16.0. The van der Waals surface area contributed by atoms with E-state index < -0.39 is 11.9 Å². The Morgan fingerprint density at radius 1 is 1.30 bits per heavy atom. The van der Waals surface area contributed by atoms with Crippen molar-refractivity contribution in [3.05, 3.63) is 46.2 Å². The number of halogens is 2. The van der Waals surface area contributed by atoms with Crippen LogP contribution >= 0.6 is 23.2 Å². The second-order valence-electron chi connectivity index (χ2n) is 3.85. The summed E-state index contributed by atoms with van der Waals surface area (Å²) >= 11 is 11.7. The van der Waals surface area contributed by atoms with Crippen molar-refractivity contribution in [2.75, 3.05) is 5.32 Å². The van der Waals surface area contributed by atoms with Crippen molar-refractivity contribution in [3.8, 4) is 0 Å². The number of hydrogen-bond donors (Lipinski definition) is 2. The van der Waals surface area contributed by atoms with E-state index in [0.29, 0.717) is 15.7 Å². The summed E-state index contributed by atoms with van der Waals surface area (Å²) in [6.45, 7) is -0.229. The van der Waals surface area contributed by atoms with Gasteiger partial charge in [-0.25, -0.2) is 9.48 Å². The van der Waals surface area contributed by atoms with Crippen molar-refractivity contribution in [2.45, 2.75) is 6.54 Å². The summed E-state index contributed by atoms with van der Waals surface area (Å²) in [6, 6.07) is 5.95. The summed E-state index contributed by atoms with van der Waals surface area (Å²) in [4.78, 5) is 22.7. The van der Waals surface area contributed by atoms with Gasteiger partial charge in [0.05, 0.1) is 10.7 Å². The number of aromatic nitrogens is 2. The Morgan fingerprint density at radius 3 is 2.70 bits per heavy atom. The molecule has 0 fully saturated rings. The number of carboxylic acid groups (broad SMARTS) is 1. The van der Waals surface area contributed by atoms with Gasteiger partial charge in [0.2, 0.25) is 5.91 Å². The third-order valence-electron chi connectivity index (χ3n) is 2.43. The number of benzene rings is 1. The number of amides is 1. The monoisotopic (exact) mass is 313 g/mol. The van der Waals surface area contributed by atoms with Crippen LogP contribution in [0, 0.1) is 0 Å². The van der Waals surface area contributed by atoms with E-state index in [4.69, 9.17) is 28.3 Å². The van der Waals surface area contributed by atoms with Gasteiger partial charge in [0.15, 0.2) is 0 Å². The van der Waals surface area contributed by atoms with E-state index in [-0.39, 0.29) is 12.2 Å². The average molecular weight is 314 g/mol. The number of nitrogens with one attached hydrogen (secondary N) is 1. The van der Waals surface area contributed by atoms with Gasteiger partial charge in [-0.05, 0) is 24.3 Å². The van der Waals surface area contributed by atoms with E-state index in [2.05, 4.69) is 10.4 Å². The van der Waals surface area contributed by atoms with Crippen LogP contribution in [0.25, 0.3) is 0 Å². The number of aromatic carboxylic acids is 1. The minimum Gasteiger partial charge on any atom is -0.477 e. The highest BCUT2D eigenvalue weighted by Gasteiger charge is 2.14. The molecule has 20 heavy (non-hydrogen) atoms. The maximum atomic E-state index is 11.8. The van der Waals surface area contributed by atoms with Crippen LogP contribution in [-0.4, -0.2) is 26.8 Å². The summed E-state index contributed by atoms with van der Waals surface area (Å²) < 4.78 is 1.08. The van der Waals surface area contributed by atoms with Crippen LogP contribution in [0.2, 0.25) is 10.0 Å². The van der Waals surface area contributed by atoms with Gasteiger partial charge < -0.3 is 10.4 Å². The second kappa shape index (κ2) is 5.94. The maximum Gasteiger partial charge on any atom is 0.354 e. The fourth-order valence-electron chi connectivity index (χ4n) is 1.56. The lowest BCUT2D eigenvalue weighted by molar-refractivity contribution is -0.116. The Hall–Kier alpha value is -2.05. The Morgan fingerprint density at radius 2 is 2.05 bits per heavy atom. The SMILES string of the molecule is O=C(Cn1nccc1C(=O)O)Nc1ccc(Cl)cc1Cl. The Labute approximate surface area is 123 Å². The molecule has 0 aliphatic heterocycles. The second-order valence-corrected chi connectivity index (χ2v) is 4.70. The Bertz CT molecular complexity index is 670. The molecule has 8 heteroatoms. The van der Waals surface area contributed by atoms with Crippen molar-refractivity contribution in [1.82, 2.24) is 9.78 Å². The summed E-state index contributed by atoms with van der Waals surface area (Å²) in [6.07, 6.45) is 1.31. The zero-order valence-corrected chi connectivity index (χ0v) is 11.5. The maximum absolute atomic E-state index is 11.8. The smallest absolute Gasteiger partial charge is 0.354 e. The highest BCUT2D eigenvalue weighted by molar-refractivity contribution is 6.36. The number of anilines is 1. The molecule has 1 aromatic carbocycles. The van der Waals surface area contributed by atoms with Crippen LogP contribution in [0.1, 0.15) is 10.5 Å². The molecule has 0 radical (unpaired) electrons. The van der Waals surface area contributed by atoms with Crippen molar-refractivity contribution in [2.24, 2.45) is 0 Å². The van der Waals surface area contributed by atoms with Crippen molar-refractivity contribution >= 4 is 40.8 Å². The fraction of sp³-hybridized carbons (Fsp3) is 0.0833. The lowest BCUT2D eigenvalue weighted by Crippen LogP contribution is -2.22. The van der Waals surface area contributed by atoms with Crippen LogP contribution in [0.3, 0.4) is 0 Å². The lowest BCUT2D eigenvalue weighted by atomic mass is 10.3. The molecule has 1 amide bonds. The molecule has 0 aliphatic rings. The molecule has 2 N–H and O–H groups in total. The molecule has 0 unspecified atom stereocenters. The molecular formula is C12H9Cl2N3O3. The van der Waals surface area contributed by atoms with Gasteiger partial charge in [0.1, 0.15) is 12.2 Å². The van der Waals surface area contributed by atoms with Crippen LogP contribution in [0.5, 0.6) is 0 Å². The quantitative estimate of drug-likeness (QED) is 0.908. The zero-order valence-electron chi connectivity index (χ0n) is 10.0. The molecule has 1 heterocycles. The lowest BCUT2D eigenvalue weighted by Gasteiger charge is -2.08. The number of carboxylic acids is 1. The number of hydrogen-bond acceptors (Lipinski definition) is 3. The van der Waals surface area contributed by atoms with Crippen molar-refractivity contribution in [3.63, 3.8) is 0 Å². The van der Waals surface area contributed by atoms with Crippen LogP contribution < -0.4 is 5.32 Å². The number of rotatable bonds is 4. The minimum atomic E-state index is -1.15. The number of carbonyl (C=O) groups is 2. The zero-order chi connectivity index (χ0) is 14.7. The minimum absolute atomic E-state index is 0.0673. The first kappa shape index (κ1) is 14.4. The van der Waals surface area contributed by atoms with Gasteiger partial charge in [0, 0.05) is 11.2 Å². The van der Waals surface area contributed by atoms with Gasteiger partial charge >= 0.3 is 5.97 Å². The van der Waals surface area contributed by atoms with E-state index in [1.807, 2.05) is 0 Å². The predicted molar refractivity (Wildman–Crippen MR) is 74.3 cm³/mol. The van der Waals surface area contributed by atoms with E-state index in [9.17, 15) is 9.59 Å². The van der Waals surface area contributed by atoms with E-state index in [1.165, 1.54) is 18.3 Å². The molecule has 0 saturated carbocycles. The van der Waals surface area contributed by atoms with Crippen molar-refractivity contribution < 1.29 is 14.7 Å². The third kappa shape index (κ3) is 3.28. The Kier molecular flexibility index (Phi) is 4.26. The van der Waals surface area contributed by atoms with E-state index in [1.54, 1.807) is 12.1 Å². The van der Waals surface area contributed by atoms with Crippen LogP contribution in [-0.2, 0) is 11.3 Å². The molecule has 104 valence electrons. The molecule has 0 atom stereocenters. The normalized spacial score (nSPS) is 10.3. The first-order chi connectivity index (χ1) is 9.47. The summed E-state index contributed by atoms with van der Waals surface area (Å²) in [7, 11) is 0. The molecule has 0 bridgehead atoms. The van der Waals surface area contributed by atoms with Crippen molar-refractivity contribution in [1.29, 1.82) is 0 Å². The molecule has 1 aromatic heterocycles. The highest BCUT2D eigenvalue weighted by atomic mass is 35.5. The van der Waals surface area contributed by atoms with Gasteiger partial charge in [-0.3, -0.25) is 4.79 Å². The third-order valence-corrected chi connectivity index (χ3v) is 2.98. The molecule has 0 aliphatic carbocycles. The number of carbonyl (C=O) groups excluding carboxylic acids is 1. The average Bonchev–Trinajstić information content (AvgIpc) is 2.81. The molecular weight excluding hydrogens is 305 g/mol. The van der Waals surface area contributed by atoms with Crippen LogP contribution in [0.15, 0.2) is 30.5 Å². The summed E-state index contributed by atoms with van der Waals surface area (Å²) in [5.74, 6) is -1.60. The molecule has 2 aromatic rings. The van der Waals surface area contributed by atoms with Crippen LogP contribution in [0.4, 0.5) is 5.69 Å². The van der Waals surface area contributed by atoms with Gasteiger partial charge in [-0.1, -0.05) is 23.2 Å². The molecule has 2 rings (SSSR count). The van der Waals surface area contributed by atoms with Gasteiger partial charge in [-0.15, -0.1) is 0 Å². The first-order valence-electron chi connectivity index (χ1n) is 5.47. The topological polar surface area (TPSA) is 84.2 Å². The van der Waals surface area contributed by atoms with E-state index in [0.717, 1.165) is 4.68 Å². The molecule has 0 spiro atoms. The molecule has 0 saturated heterocycles. The standard InChI is InChI=1S/C12H9Cl2N3O3/c13-7-1-2-9(8(14)5-7)16-11(18)6-17-10(12(19)20)3-4-15-17/h1-5H,6H2,(H,16,18)(H,19,20). The largest absolute Gasteiger partial charge is 0.477 e. The van der Waals surface area contributed by atoms with E-state index >= 15 is 0 Å². The Balaban J connectivity index is 2.09. The first-order valence-corrected chi connectivity index (χ1v) is 6.23. The van der Waals surface area contributed by atoms with Gasteiger partial charge in [0.25, 0.3) is 0 Å². The fourth-order valence-corrected chi connectivity index (χ4v) is 2.01.